The van der Waals surface area contributed by atoms with Crippen LogP contribution in [0.15, 0.2) is 48.7 Å². The second-order valence-corrected chi connectivity index (χ2v) is 5.50. The van der Waals surface area contributed by atoms with Crippen LogP contribution in [-0.4, -0.2) is 18.1 Å². The fourth-order valence-electron chi connectivity index (χ4n) is 2.93. The summed E-state index contributed by atoms with van der Waals surface area (Å²) in [5.41, 5.74) is 1.80. The van der Waals surface area contributed by atoms with Gasteiger partial charge in [0.2, 0.25) is 0 Å². The third-order valence-corrected chi connectivity index (χ3v) is 4.03. The maximum Gasteiger partial charge on any atom is 0.143 e. The first-order valence-electron chi connectivity index (χ1n) is 7.64. The van der Waals surface area contributed by atoms with E-state index in [4.69, 9.17) is 10.00 Å². The first kappa shape index (κ1) is 14.6. The summed E-state index contributed by atoms with van der Waals surface area (Å²) in [6.45, 7) is 1.56. The second-order valence-electron chi connectivity index (χ2n) is 5.50. The van der Waals surface area contributed by atoms with E-state index in [0.717, 1.165) is 26.0 Å². The molecule has 1 N–H and O–H groups in total. The Kier molecular flexibility index (Phi) is 4.67. The van der Waals surface area contributed by atoms with E-state index in [1.807, 2.05) is 18.2 Å². The summed E-state index contributed by atoms with van der Waals surface area (Å²) in [6.07, 6.45) is 4.00. The quantitative estimate of drug-likeness (QED) is 0.937. The minimum absolute atomic E-state index is 0.108. The van der Waals surface area contributed by atoms with Crippen LogP contribution in [-0.2, 0) is 4.74 Å². The highest BCUT2D eigenvalue weighted by atomic mass is 16.5. The number of nitrogens with one attached hydrogen (secondary N) is 1. The monoisotopic (exact) mass is 293 g/mol. The molecule has 4 heteroatoms. The molecule has 0 amide bonds. The largest absolute Gasteiger partial charge is 0.373 e. The van der Waals surface area contributed by atoms with Crippen LogP contribution >= 0.6 is 0 Å². The van der Waals surface area contributed by atoms with Gasteiger partial charge in [0.15, 0.2) is 0 Å². The fourth-order valence-corrected chi connectivity index (χ4v) is 2.93. The minimum Gasteiger partial charge on any atom is -0.373 e. The average molecular weight is 293 g/mol. The number of aromatic nitrogens is 1. The van der Waals surface area contributed by atoms with E-state index in [1.54, 1.807) is 18.3 Å². The minimum atomic E-state index is 0.108. The molecule has 0 aliphatic carbocycles. The van der Waals surface area contributed by atoms with Crippen LogP contribution in [0.2, 0.25) is 0 Å². The molecule has 0 spiro atoms. The summed E-state index contributed by atoms with van der Waals surface area (Å²) < 4.78 is 6.00. The van der Waals surface area contributed by atoms with Crippen molar-refractivity contribution in [3.8, 4) is 6.07 Å². The Morgan fingerprint density at radius 2 is 2.09 bits per heavy atom. The Hall–Kier alpha value is -2.38. The van der Waals surface area contributed by atoms with Gasteiger partial charge in [-0.1, -0.05) is 30.3 Å². The van der Waals surface area contributed by atoms with E-state index in [0.29, 0.717) is 17.3 Å². The molecule has 22 heavy (non-hydrogen) atoms. The van der Waals surface area contributed by atoms with Crippen molar-refractivity contribution in [2.75, 3.05) is 18.5 Å². The van der Waals surface area contributed by atoms with Crippen LogP contribution in [0.4, 0.5) is 5.82 Å². The summed E-state index contributed by atoms with van der Waals surface area (Å²) in [7, 11) is 0. The molecule has 1 aliphatic heterocycles. The molecule has 0 saturated carbocycles. The van der Waals surface area contributed by atoms with Crippen LogP contribution in [0.25, 0.3) is 0 Å². The molecule has 2 atom stereocenters. The van der Waals surface area contributed by atoms with Gasteiger partial charge >= 0.3 is 0 Å². The molecular weight excluding hydrogens is 274 g/mol. The molecule has 2 aromatic rings. The number of rotatable bonds is 4. The lowest BCUT2D eigenvalue weighted by molar-refractivity contribution is -0.0238. The zero-order valence-electron chi connectivity index (χ0n) is 12.4. The van der Waals surface area contributed by atoms with E-state index in [1.165, 1.54) is 5.56 Å². The molecule has 2 heterocycles. The van der Waals surface area contributed by atoms with E-state index < -0.39 is 0 Å². The molecule has 0 bridgehead atoms. The van der Waals surface area contributed by atoms with Gasteiger partial charge in [-0.2, -0.15) is 5.26 Å². The number of hydrogen-bond acceptors (Lipinski definition) is 4. The Morgan fingerprint density at radius 1 is 1.23 bits per heavy atom. The normalized spacial score (nSPS) is 21.0. The van der Waals surface area contributed by atoms with Crippen molar-refractivity contribution in [1.29, 1.82) is 5.26 Å². The van der Waals surface area contributed by atoms with E-state index in [2.05, 4.69) is 28.5 Å². The molecule has 1 saturated heterocycles. The molecule has 4 nitrogen and oxygen atoms in total. The van der Waals surface area contributed by atoms with Crippen molar-refractivity contribution in [3.63, 3.8) is 0 Å². The topological polar surface area (TPSA) is 57.9 Å². The summed E-state index contributed by atoms with van der Waals surface area (Å²) in [4.78, 5) is 4.26. The number of hydrogen-bond donors (Lipinski definition) is 1. The molecule has 3 rings (SSSR count). The van der Waals surface area contributed by atoms with Gasteiger partial charge in [-0.05, 0) is 30.5 Å². The predicted octanol–water partition coefficient (Wildman–Crippen LogP) is 3.53. The number of pyridine rings is 1. The van der Waals surface area contributed by atoms with Crippen LogP contribution in [0, 0.1) is 17.2 Å². The van der Waals surface area contributed by atoms with Gasteiger partial charge in [0.05, 0.1) is 11.7 Å². The van der Waals surface area contributed by atoms with Crippen molar-refractivity contribution in [3.05, 3.63) is 59.8 Å². The fraction of sp³-hybridized carbons (Fsp3) is 0.333. The summed E-state index contributed by atoms with van der Waals surface area (Å²) in [6, 6.07) is 16.1. The van der Waals surface area contributed by atoms with Gasteiger partial charge in [0, 0.05) is 25.3 Å². The smallest absolute Gasteiger partial charge is 0.143 e. The highest BCUT2D eigenvalue weighted by molar-refractivity contribution is 5.51. The van der Waals surface area contributed by atoms with Gasteiger partial charge in [0.1, 0.15) is 11.9 Å². The van der Waals surface area contributed by atoms with Crippen LogP contribution in [0.3, 0.4) is 0 Å². The second kappa shape index (κ2) is 7.06. The van der Waals surface area contributed by atoms with Gasteiger partial charge in [0.25, 0.3) is 0 Å². The number of nitriles is 1. The maximum absolute atomic E-state index is 9.13. The Balaban J connectivity index is 1.71. The van der Waals surface area contributed by atoms with Gasteiger partial charge in [-0.25, -0.2) is 4.98 Å². The molecule has 1 aliphatic rings. The Bertz CT molecular complexity index is 651. The highest BCUT2D eigenvalue weighted by Crippen LogP contribution is 2.33. The average Bonchev–Trinajstić information content (AvgIpc) is 2.61. The molecule has 1 aromatic carbocycles. The molecule has 1 aromatic heterocycles. The van der Waals surface area contributed by atoms with Gasteiger partial charge < -0.3 is 10.1 Å². The zero-order valence-corrected chi connectivity index (χ0v) is 12.4. The van der Waals surface area contributed by atoms with E-state index >= 15 is 0 Å². The van der Waals surface area contributed by atoms with Crippen LogP contribution < -0.4 is 5.32 Å². The third kappa shape index (κ3) is 3.26. The van der Waals surface area contributed by atoms with Crippen molar-refractivity contribution < 1.29 is 4.74 Å². The number of anilines is 1. The molecule has 112 valence electrons. The molecule has 0 radical (unpaired) electrons. The number of benzene rings is 1. The zero-order chi connectivity index (χ0) is 15.2. The first-order valence-corrected chi connectivity index (χ1v) is 7.64. The Morgan fingerprint density at radius 3 is 2.91 bits per heavy atom. The lowest BCUT2D eigenvalue weighted by Crippen LogP contribution is -2.28. The van der Waals surface area contributed by atoms with E-state index in [-0.39, 0.29) is 6.10 Å². The van der Waals surface area contributed by atoms with E-state index in [9.17, 15) is 0 Å². The van der Waals surface area contributed by atoms with Crippen molar-refractivity contribution >= 4 is 5.82 Å². The van der Waals surface area contributed by atoms with Crippen molar-refractivity contribution in [2.45, 2.75) is 18.9 Å². The van der Waals surface area contributed by atoms with Crippen molar-refractivity contribution in [2.24, 2.45) is 5.92 Å². The SMILES string of the molecule is N#Cc1cccnc1NC[C@H]1CCCO[C@H]1c1ccccc1. The number of nitrogens with zero attached hydrogens (tertiary/aromatic N) is 2. The molecule has 0 unspecified atom stereocenters. The van der Waals surface area contributed by atoms with Crippen LogP contribution in [0.1, 0.15) is 30.1 Å². The number of ether oxygens (including phenoxy) is 1. The van der Waals surface area contributed by atoms with Gasteiger partial charge in [-0.15, -0.1) is 0 Å². The summed E-state index contributed by atoms with van der Waals surface area (Å²) >= 11 is 0. The van der Waals surface area contributed by atoms with Gasteiger partial charge in [-0.3, -0.25) is 0 Å². The highest BCUT2D eigenvalue weighted by Gasteiger charge is 2.27. The van der Waals surface area contributed by atoms with Crippen LogP contribution in [0.5, 0.6) is 0 Å². The molecule has 1 fully saturated rings. The Labute approximate surface area is 130 Å². The standard InChI is InChI=1S/C18H19N3O/c19-12-15-8-4-10-20-18(15)21-13-16-9-5-11-22-17(16)14-6-2-1-3-7-14/h1-4,6-8,10,16-17H,5,9,11,13H2,(H,20,21)/t16-,17+/m1/s1. The third-order valence-electron chi connectivity index (χ3n) is 4.03. The van der Waals surface area contributed by atoms with Crippen molar-refractivity contribution in [1.82, 2.24) is 4.98 Å². The lowest BCUT2D eigenvalue weighted by Gasteiger charge is -2.32. The predicted molar refractivity (Wildman–Crippen MR) is 85.3 cm³/mol. The first-order chi connectivity index (χ1) is 10.9. The summed E-state index contributed by atoms with van der Waals surface area (Å²) in [5.74, 6) is 1.03. The molecular formula is C18H19N3O. The summed E-state index contributed by atoms with van der Waals surface area (Å²) in [5, 5.41) is 12.5. The lowest BCUT2D eigenvalue weighted by atomic mass is 9.89. The maximum atomic E-state index is 9.13.